The first-order chi connectivity index (χ1) is 14.5. The van der Waals surface area contributed by atoms with Crippen molar-refractivity contribution in [1.29, 1.82) is 10.9 Å². The summed E-state index contributed by atoms with van der Waals surface area (Å²) in [5.41, 5.74) is 11.2. The summed E-state index contributed by atoms with van der Waals surface area (Å²) in [6, 6.07) is 0. The first-order valence-electron chi connectivity index (χ1n) is 10.5. The zero-order valence-electron chi connectivity index (χ0n) is 19.5. The summed E-state index contributed by atoms with van der Waals surface area (Å²) >= 11 is 0. The van der Waals surface area contributed by atoms with Crippen LogP contribution >= 0.6 is 0 Å². The van der Waals surface area contributed by atoms with Crippen molar-refractivity contribution in [3.63, 3.8) is 0 Å². The fraction of sp³-hybridized carbons (Fsp3) is 0.346. The summed E-state index contributed by atoms with van der Waals surface area (Å²) < 4.78 is 0. The van der Waals surface area contributed by atoms with E-state index in [2.05, 4.69) is 61.7 Å². The summed E-state index contributed by atoms with van der Waals surface area (Å²) in [5, 5.41) is 14.6. The second-order valence-electron chi connectivity index (χ2n) is 6.14. The number of hydrogen-bond acceptors (Lipinski definition) is 3. The molecule has 1 aliphatic carbocycles. The quantitative estimate of drug-likeness (QED) is 0.118. The molecule has 1 aliphatic rings. The van der Waals surface area contributed by atoms with Crippen LogP contribution in [-0.4, -0.2) is 18.9 Å². The molecule has 0 atom stereocenters. The van der Waals surface area contributed by atoms with Crippen LogP contribution in [0.15, 0.2) is 101 Å². The minimum atomic E-state index is -0.0733. The van der Waals surface area contributed by atoms with Crippen LogP contribution in [0.5, 0.6) is 0 Å². The lowest BCUT2D eigenvalue weighted by Gasteiger charge is -2.12. The Morgan fingerprint density at radius 2 is 1.90 bits per heavy atom. The molecule has 0 aromatic rings. The molecule has 4 nitrogen and oxygen atoms in total. The molecule has 0 saturated carbocycles. The Labute approximate surface area is 184 Å². The van der Waals surface area contributed by atoms with Crippen molar-refractivity contribution < 1.29 is 0 Å². The van der Waals surface area contributed by atoms with Crippen LogP contribution in [0.3, 0.4) is 0 Å². The highest BCUT2D eigenvalue weighted by atomic mass is 15.0. The highest BCUT2D eigenvalue weighted by molar-refractivity contribution is 5.99. The summed E-state index contributed by atoms with van der Waals surface area (Å²) in [5.74, 6) is -0.0733. The number of amidine groups is 1. The summed E-state index contributed by atoms with van der Waals surface area (Å²) in [4.78, 5) is 0. The lowest BCUT2D eigenvalue weighted by atomic mass is 10.0. The van der Waals surface area contributed by atoms with Crippen molar-refractivity contribution in [1.82, 2.24) is 5.32 Å². The van der Waals surface area contributed by atoms with Gasteiger partial charge in [-0.2, -0.15) is 0 Å². The van der Waals surface area contributed by atoms with E-state index in [-0.39, 0.29) is 5.84 Å². The molecule has 0 saturated heterocycles. The predicted octanol–water partition coefficient (Wildman–Crippen LogP) is 7.64. The Balaban J connectivity index is 0. The van der Waals surface area contributed by atoms with E-state index in [4.69, 9.17) is 10.9 Å². The van der Waals surface area contributed by atoms with Gasteiger partial charge in [0, 0.05) is 18.7 Å². The molecule has 164 valence electrons. The molecule has 0 aromatic heterocycles. The lowest BCUT2D eigenvalue weighted by molar-refractivity contribution is 0.791. The molecule has 0 bridgehead atoms. The van der Waals surface area contributed by atoms with Gasteiger partial charge in [-0.25, -0.2) is 5.53 Å². The predicted molar refractivity (Wildman–Crippen MR) is 134 cm³/mol. The minimum absolute atomic E-state index is 0.0733. The average molecular weight is 409 g/mol. The second-order valence-corrected chi connectivity index (χ2v) is 6.14. The van der Waals surface area contributed by atoms with Crippen LogP contribution in [0.25, 0.3) is 0 Å². The van der Waals surface area contributed by atoms with Gasteiger partial charge in [-0.05, 0) is 43.9 Å². The maximum absolute atomic E-state index is 7.85. The second kappa shape index (κ2) is 20.9. The normalized spacial score (nSPS) is 13.6. The highest BCUT2D eigenvalue weighted by Gasteiger charge is 2.07. The van der Waals surface area contributed by atoms with Crippen molar-refractivity contribution in [2.45, 2.75) is 47.5 Å². The number of hydrogen-bond donors (Lipinski definition) is 3. The molecule has 1 rings (SSSR count). The van der Waals surface area contributed by atoms with Gasteiger partial charge in [-0.15, -0.1) is 11.7 Å². The molecule has 0 spiro atoms. The lowest BCUT2D eigenvalue weighted by Crippen LogP contribution is -2.20. The molecule has 0 heterocycles. The Bertz CT molecular complexity index is 713. The summed E-state index contributed by atoms with van der Waals surface area (Å²) in [7, 11) is 0. The fourth-order valence-corrected chi connectivity index (χ4v) is 2.44. The third-order valence-electron chi connectivity index (χ3n) is 3.65. The van der Waals surface area contributed by atoms with Crippen LogP contribution in [-0.2, 0) is 0 Å². The molecule has 0 amide bonds. The zero-order chi connectivity index (χ0) is 23.2. The molecule has 0 fully saturated rings. The Morgan fingerprint density at radius 1 is 1.23 bits per heavy atom. The molecule has 4 heteroatoms. The Kier molecular flexibility index (Phi) is 20.4. The third kappa shape index (κ3) is 14.2. The van der Waals surface area contributed by atoms with Gasteiger partial charge >= 0.3 is 0 Å². The number of nitrogens with zero attached hydrogens (tertiary/aromatic N) is 1. The van der Waals surface area contributed by atoms with E-state index in [0.29, 0.717) is 12.1 Å². The van der Waals surface area contributed by atoms with E-state index in [1.54, 1.807) is 18.2 Å². The van der Waals surface area contributed by atoms with Crippen LogP contribution in [0.4, 0.5) is 0 Å². The maximum Gasteiger partial charge on any atom is 0.173 e. The van der Waals surface area contributed by atoms with Crippen molar-refractivity contribution in [2.24, 2.45) is 5.11 Å². The van der Waals surface area contributed by atoms with Crippen molar-refractivity contribution in [3.8, 4) is 0 Å². The van der Waals surface area contributed by atoms with Gasteiger partial charge in [0.25, 0.3) is 0 Å². The largest absolute Gasteiger partial charge is 0.309 e. The average Bonchev–Trinajstić information content (AvgIpc) is 3.03. The van der Waals surface area contributed by atoms with Gasteiger partial charge < -0.3 is 5.32 Å². The molecule has 0 aliphatic heterocycles. The molecule has 30 heavy (non-hydrogen) atoms. The molecular formula is C26H40N4. The van der Waals surface area contributed by atoms with E-state index >= 15 is 0 Å². The van der Waals surface area contributed by atoms with E-state index in [1.807, 2.05) is 39.0 Å². The van der Waals surface area contributed by atoms with E-state index in [1.165, 1.54) is 5.57 Å². The van der Waals surface area contributed by atoms with Gasteiger partial charge in [-0.3, -0.25) is 5.41 Å². The van der Waals surface area contributed by atoms with Crippen LogP contribution in [0.2, 0.25) is 0 Å². The van der Waals surface area contributed by atoms with E-state index < -0.39 is 0 Å². The summed E-state index contributed by atoms with van der Waals surface area (Å²) in [6.45, 7) is 18.7. The van der Waals surface area contributed by atoms with Gasteiger partial charge in [0.2, 0.25) is 0 Å². The van der Waals surface area contributed by atoms with Crippen molar-refractivity contribution >= 4 is 5.84 Å². The molecule has 3 N–H and O–H groups in total. The van der Waals surface area contributed by atoms with Crippen molar-refractivity contribution in [2.75, 3.05) is 13.1 Å². The topological polar surface area (TPSA) is 72.1 Å². The van der Waals surface area contributed by atoms with Crippen LogP contribution in [0, 0.1) is 10.9 Å². The SMILES string of the molecule is C=C/C=C(\C=C(/CNC/C(C)=C/CC)C1=CCC=CC=C1)C(=N)N=N.C=CC.CC. The zero-order valence-corrected chi connectivity index (χ0v) is 19.5. The Morgan fingerprint density at radius 3 is 2.47 bits per heavy atom. The van der Waals surface area contributed by atoms with E-state index in [9.17, 15) is 0 Å². The third-order valence-corrected chi connectivity index (χ3v) is 3.65. The Hall–Kier alpha value is -2.85. The molecule has 0 radical (unpaired) electrons. The van der Waals surface area contributed by atoms with E-state index in [0.717, 1.165) is 30.5 Å². The number of allylic oxidation sites excluding steroid dienone is 9. The first kappa shape index (κ1) is 29.4. The molecular weight excluding hydrogens is 368 g/mol. The maximum atomic E-state index is 7.85. The van der Waals surface area contributed by atoms with Crippen LogP contribution < -0.4 is 5.32 Å². The monoisotopic (exact) mass is 408 g/mol. The number of nitrogens with one attached hydrogen (secondary N) is 3. The summed E-state index contributed by atoms with van der Waals surface area (Å²) in [6.07, 6.45) is 21.5. The number of rotatable bonds is 9. The van der Waals surface area contributed by atoms with Gasteiger partial charge in [0.15, 0.2) is 5.84 Å². The van der Waals surface area contributed by atoms with Crippen LogP contribution in [0.1, 0.15) is 47.5 Å². The van der Waals surface area contributed by atoms with Crippen molar-refractivity contribution in [3.05, 3.63) is 96.2 Å². The highest BCUT2D eigenvalue weighted by Crippen LogP contribution is 2.18. The first-order valence-corrected chi connectivity index (χ1v) is 10.5. The minimum Gasteiger partial charge on any atom is -0.309 e. The fourth-order valence-electron chi connectivity index (χ4n) is 2.44. The van der Waals surface area contributed by atoms with Gasteiger partial charge in [-0.1, -0.05) is 87.6 Å². The molecule has 0 aromatic carbocycles. The van der Waals surface area contributed by atoms with Gasteiger partial charge in [0.05, 0.1) is 0 Å². The van der Waals surface area contributed by atoms with Gasteiger partial charge in [0.1, 0.15) is 0 Å². The standard InChI is InChI=1S/C21H28N4.C3H6.C2H6/c1-4-10-17(3)15-24-16-20(18-12-8-6-7-9-13-18)14-19(11-5-2)21(22)25-23;1-3-2;1-2/h5-8,10-14,22-24H,2,4,9,15-16H2,1,3H3;3H,1H2,2H3;1-2H3/b17-10+,19-11+,20-14+,22-21?,25-23?;;. The smallest absolute Gasteiger partial charge is 0.173 e. The molecule has 0 unspecified atom stereocenters.